The molecule has 0 spiro atoms. The molecular weight excluding hydrogens is 340 g/mol. The summed E-state index contributed by atoms with van der Waals surface area (Å²) in [5, 5.41) is 3.14. The fraction of sp³-hybridized carbons (Fsp3) is 0.267. The summed E-state index contributed by atoms with van der Waals surface area (Å²) in [6.07, 6.45) is 2.55. The molecule has 0 fully saturated rings. The standard InChI is InChI=1S/C15H17ClN2O4S/c1-11(15(19)17-10-14-4-3-9-22-14)18(23(2,20)21)13-7-5-12(16)6-8-13/h3-9,11H,10H2,1-2H3,(H,17,19)/t11-/m0/s1. The van der Waals surface area contributed by atoms with Crippen LogP contribution >= 0.6 is 11.6 Å². The molecule has 124 valence electrons. The maximum Gasteiger partial charge on any atom is 0.243 e. The van der Waals surface area contributed by atoms with Crippen molar-refractivity contribution in [2.75, 3.05) is 10.6 Å². The SMILES string of the molecule is C[C@@H](C(=O)NCc1ccco1)N(c1ccc(Cl)cc1)S(C)(=O)=O. The van der Waals surface area contributed by atoms with Crippen LogP contribution in [0.25, 0.3) is 0 Å². The Labute approximate surface area is 140 Å². The number of amides is 1. The highest BCUT2D eigenvalue weighted by Crippen LogP contribution is 2.23. The van der Waals surface area contributed by atoms with Gasteiger partial charge in [-0.1, -0.05) is 11.6 Å². The monoisotopic (exact) mass is 356 g/mol. The number of hydrogen-bond donors (Lipinski definition) is 1. The third kappa shape index (κ3) is 4.49. The molecule has 0 aliphatic carbocycles. The second-order valence-corrected chi connectivity index (χ2v) is 7.30. The maximum atomic E-state index is 12.3. The molecule has 1 amide bonds. The topological polar surface area (TPSA) is 79.6 Å². The lowest BCUT2D eigenvalue weighted by molar-refractivity contribution is -0.122. The van der Waals surface area contributed by atoms with Crippen molar-refractivity contribution < 1.29 is 17.6 Å². The van der Waals surface area contributed by atoms with E-state index in [4.69, 9.17) is 16.0 Å². The number of hydrogen-bond acceptors (Lipinski definition) is 4. The largest absolute Gasteiger partial charge is 0.467 e. The third-order valence-electron chi connectivity index (χ3n) is 3.19. The number of carbonyl (C=O) groups excluding carboxylic acids is 1. The summed E-state index contributed by atoms with van der Waals surface area (Å²) in [5.41, 5.74) is 0.373. The molecule has 0 radical (unpaired) electrons. The van der Waals surface area contributed by atoms with Crippen molar-refractivity contribution in [2.24, 2.45) is 0 Å². The molecule has 6 nitrogen and oxygen atoms in total. The summed E-state index contributed by atoms with van der Waals surface area (Å²) in [5.74, 6) is 0.157. The zero-order valence-corrected chi connectivity index (χ0v) is 14.3. The van der Waals surface area contributed by atoms with E-state index in [1.165, 1.54) is 13.2 Å². The highest BCUT2D eigenvalue weighted by atomic mass is 35.5. The van der Waals surface area contributed by atoms with Gasteiger partial charge in [0.05, 0.1) is 24.8 Å². The molecule has 2 rings (SSSR count). The summed E-state index contributed by atoms with van der Waals surface area (Å²) in [7, 11) is -3.64. The molecule has 0 aliphatic heterocycles. The Morgan fingerprint density at radius 1 is 1.30 bits per heavy atom. The van der Waals surface area contributed by atoms with E-state index in [-0.39, 0.29) is 6.54 Å². The van der Waals surface area contributed by atoms with Gasteiger partial charge in [-0.25, -0.2) is 8.42 Å². The quantitative estimate of drug-likeness (QED) is 0.861. The summed E-state index contributed by atoms with van der Waals surface area (Å²) in [4.78, 5) is 12.3. The Hall–Kier alpha value is -1.99. The summed E-state index contributed by atoms with van der Waals surface area (Å²) in [6, 6.07) is 8.77. The number of furan rings is 1. The Morgan fingerprint density at radius 3 is 2.48 bits per heavy atom. The van der Waals surface area contributed by atoms with Crippen LogP contribution in [-0.2, 0) is 21.4 Å². The minimum atomic E-state index is -3.64. The van der Waals surface area contributed by atoms with Gasteiger partial charge in [-0.2, -0.15) is 0 Å². The smallest absolute Gasteiger partial charge is 0.243 e. The molecule has 0 bridgehead atoms. The van der Waals surface area contributed by atoms with E-state index in [0.29, 0.717) is 16.5 Å². The van der Waals surface area contributed by atoms with E-state index in [9.17, 15) is 13.2 Å². The first-order valence-corrected chi connectivity index (χ1v) is 9.07. The average molecular weight is 357 g/mol. The minimum absolute atomic E-state index is 0.189. The van der Waals surface area contributed by atoms with Crippen LogP contribution in [0, 0.1) is 0 Å². The van der Waals surface area contributed by atoms with E-state index in [2.05, 4.69) is 5.32 Å². The van der Waals surface area contributed by atoms with Gasteiger partial charge in [-0.15, -0.1) is 0 Å². The van der Waals surface area contributed by atoms with Crippen molar-refractivity contribution in [1.82, 2.24) is 5.32 Å². The number of halogens is 1. The van der Waals surface area contributed by atoms with E-state index in [1.807, 2.05) is 0 Å². The van der Waals surface area contributed by atoms with Crippen LogP contribution in [0.15, 0.2) is 47.1 Å². The van der Waals surface area contributed by atoms with Crippen molar-refractivity contribution in [3.63, 3.8) is 0 Å². The first-order valence-electron chi connectivity index (χ1n) is 6.84. The van der Waals surface area contributed by atoms with Crippen LogP contribution < -0.4 is 9.62 Å². The van der Waals surface area contributed by atoms with Gasteiger partial charge < -0.3 is 9.73 Å². The summed E-state index contributed by atoms with van der Waals surface area (Å²) in [6.45, 7) is 1.71. The van der Waals surface area contributed by atoms with Crippen molar-refractivity contribution in [1.29, 1.82) is 0 Å². The first-order chi connectivity index (χ1) is 10.8. The molecule has 1 heterocycles. The molecule has 8 heteroatoms. The number of sulfonamides is 1. The Bertz CT molecular complexity index is 757. The van der Waals surface area contributed by atoms with Crippen molar-refractivity contribution in [2.45, 2.75) is 19.5 Å². The third-order valence-corrected chi connectivity index (χ3v) is 4.68. The number of rotatable bonds is 6. The molecule has 1 N–H and O–H groups in total. The van der Waals surface area contributed by atoms with Gasteiger partial charge in [0.15, 0.2) is 0 Å². The van der Waals surface area contributed by atoms with Crippen molar-refractivity contribution in [3.8, 4) is 0 Å². The van der Waals surface area contributed by atoms with Gasteiger partial charge in [0.1, 0.15) is 11.8 Å². The molecule has 2 aromatic rings. The minimum Gasteiger partial charge on any atom is -0.467 e. The maximum absolute atomic E-state index is 12.3. The van der Waals surface area contributed by atoms with Crippen LogP contribution in [0.1, 0.15) is 12.7 Å². The zero-order chi connectivity index (χ0) is 17.0. The van der Waals surface area contributed by atoms with E-state index in [0.717, 1.165) is 10.6 Å². The van der Waals surface area contributed by atoms with Crippen molar-refractivity contribution >= 4 is 33.2 Å². The number of anilines is 1. The molecule has 0 aliphatic rings. The normalized spacial score (nSPS) is 12.7. The summed E-state index contributed by atoms with van der Waals surface area (Å²) < 4.78 is 30.4. The number of carbonyl (C=O) groups is 1. The van der Waals surface area contributed by atoms with Gasteiger partial charge in [0, 0.05) is 5.02 Å². The van der Waals surface area contributed by atoms with Crippen LogP contribution in [0.2, 0.25) is 5.02 Å². The highest BCUT2D eigenvalue weighted by molar-refractivity contribution is 7.92. The number of nitrogens with zero attached hydrogens (tertiary/aromatic N) is 1. The molecule has 23 heavy (non-hydrogen) atoms. The van der Waals surface area contributed by atoms with Gasteiger partial charge in [0.2, 0.25) is 15.9 Å². The van der Waals surface area contributed by atoms with E-state index in [1.54, 1.807) is 36.4 Å². The van der Waals surface area contributed by atoms with E-state index < -0.39 is 22.0 Å². The lowest BCUT2D eigenvalue weighted by Gasteiger charge is -2.28. The van der Waals surface area contributed by atoms with Gasteiger partial charge in [0.25, 0.3) is 0 Å². The second-order valence-electron chi connectivity index (χ2n) is 5.01. The predicted molar refractivity (Wildman–Crippen MR) is 88.8 cm³/mol. The fourth-order valence-electron chi connectivity index (χ4n) is 2.13. The van der Waals surface area contributed by atoms with Crippen molar-refractivity contribution in [3.05, 3.63) is 53.4 Å². The highest BCUT2D eigenvalue weighted by Gasteiger charge is 2.29. The van der Waals surface area contributed by atoms with E-state index >= 15 is 0 Å². The Morgan fingerprint density at radius 2 is 1.96 bits per heavy atom. The van der Waals surface area contributed by atoms with Gasteiger partial charge >= 0.3 is 0 Å². The van der Waals surface area contributed by atoms with Crippen LogP contribution in [0.4, 0.5) is 5.69 Å². The van der Waals surface area contributed by atoms with Crippen LogP contribution in [0.5, 0.6) is 0 Å². The van der Waals surface area contributed by atoms with Crippen LogP contribution in [0.3, 0.4) is 0 Å². The zero-order valence-electron chi connectivity index (χ0n) is 12.7. The second kappa shape index (κ2) is 7.06. The molecule has 1 aromatic carbocycles. The molecule has 0 saturated heterocycles. The fourth-order valence-corrected chi connectivity index (χ4v) is 3.43. The molecular formula is C15H17ClN2O4S. The van der Waals surface area contributed by atoms with Gasteiger partial charge in [-0.05, 0) is 43.3 Å². The lowest BCUT2D eigenvalue weighted by atomic mass is 10.2. The molecule has 0 saturated carbocycles. The predicted octanol–water partition coefficient (Wildman–Crippen LogP) is 2.40. The number of nitrogens with one attached hydrogen (secondary N) is 1. The molecule has 0 unspecified atom stereocenters. The first kappa shape index (κ1) is 17.4. The average Bonchev–Trinajstić information content (AvgIpc) is 2.99. The van der Waals surface area contributed by atoms with Gasteiger partial charge in [-0.3, -0.25) is 9.10 Å². The molecule has 1 atom stereocenters. The Kier molecular flexibility index (Phi) is 5.33. The summed E-state index contributed by atoms with van der Waals surface area (Å²) >= 11 is 5.82. The van der Waals surface area contributed by atoms with Crippen LogP contribution in [-0.4, -0.2) is 26.6 Å². The Balaban J connectivity index is 2.18. The molecule has 1 aromatic heterocycles. The lowest BCUT2D eigenvalue weighted by Crippen LogP contribution is -2.47. The number of benzene rings is 1.